The van der Waals surface area contributed by atoms with Gasteiger partial charge >= 0.3 is 0 Å². The molecule has 21 heavy (non-hydrogen) atoms. The van der Waals surface area contributed by atoms with Gasteiger partial charge < -0.3 is 0 Å². The van der Waals surface area contributed by atoms with Gasteiger partial charge in [0.25, 0.3) is 5.91 Å². The second-order valence-electron chi connectivity index (χ2n) is 5.90. The number of carbonyl (C=O) groups excluding carboxylic acids is 3. The SMILES string of the molecule is CC(C)(CCN1CCCC1C(=O)n1cnnn1)C(=O)C=O. The van der Waals surface area contributed by atoms with Gasteiger partial charge in [-0.3, -0.25) is 19.3 Å². The van der Waals surface area contributed by atoms with Gasteiger partial charge in [-0.1, -0.05) is 13.8 Å². The molecule has 8 heteroatoms. The molecular formula is C13H19N5O3. The second-order valence-corrected chi connectivity index (χ2v) is 5.90. The van der Waals surface area contributed by atoms with E-state index in [2.05, 4.69) is 15.5 Å². The molecular weight excluding hydrogens is 274 g/mol. The van der Waals surface area contributed by atoms with Gasteiger partial charge in [-0.25, -0.2) is 0 Å². The molecule has 0 bridgehead atoms. The number of carbonyl (C=O) groups is 3. The van der Waals surface area contributed by atoms with E-state index in [0.29, 0.717) is 19.3 Å². The molecule has 8 nitrogen and oxygen atoms in total. The van der Waals surface area contributed by atoms with Crippen molar-refractivity contribution in [2.24, 2.45) is 5.41 Å². The molecule has 0 N–H and O–H groups in total. The number of rotatable bonds is 6. The van der Waals surface area contributed by atoms with Gasteiger partial charge in [-0.15, -0.1) is 5.10 Å². The zero-order valence-corrected chi connectivity index (χ0v) is 12.2. The van der Waals surface area contributed by atoms with Crippen molar-refractivity contribution in [3.63, 3.8) is 0 Å². The van der Waals surface area contributed by atoms with Gasteiger partial charge in [0, 0.05) is 5.41 Å². The molecule has 0 radical (unpaired) electrons. The van der Waals surface area contributed by atoms with E-state index in [0.717, 1.165) is 24.1 Å². The summed E-state index contributed by atoms with van der Waals surface area (Å²) in [7, 11) is 0. The smallest absolute Gasteiger partial charge is 0.267 e. The third-order valence-electron chi connectivity index (χ3n) is 4.02. The van der Waals surface area contributed by atoms with Gasteiger partial charge in [0.05, 0.1) is 6.04 Å². The van der Waals surface area contributed by atoms with Crippen LogP contribution in [0, 0.1) is 5.41 Å². The Morgan fingerprint density at radius 1 is 1.43 bits per heavy atom. The van der Waals surface area contributed by atoms with Gasteiger partial charge in [0.2, 0.25) is 5.78 Å². The molecule has 1 saturated heterocycles. The van der Waals surface area contributed by atoms with Gasteiger partial charge in [0.15, 0.2) is 6.29 Å². The average molecular weight is 293 g/mol. The number of hydrogen-bond donors (Lipinski definition) is 0. The quantitative estimate of drug-likeness (QED) is 0.412. The summed E-state index contributed by atoms with van der Waals surface area (Å²) in [6, 6.07) is -0.268. The van der Waals surface area contributed by atoms with Crippen molar-refractivity contribution in [3.8, 4) is 0 Å². The van der Waals surface area contributed by atoms with Crippen LogP contribution in [0.3, 0.4) is 0 Å². The standard InChI is InChI=1S/C13H19N5O3/c1-13(2,11(20)8-19)5-7-17-6-3-4-10(17)12(21)18-9-14-15-16-18/h8-10H,3-7H2,1-2H3. The summed E-state index contributed by atoms with van der Waals surface area (Å²) in [5.41, 5.74) is -0.702. The Balaban J connectivity index is 1.98. The molecule has 1 aliphatic heterocycles. The molecule has 0 aliphatic carbocycles. The summed E-state index contributed by atoms with van der Waals surface area (Å²) in [6.07, 6.45) is 3.86. The molecule has 2 rings (SSSR count). The van der Waals surface area contributed by atoms with Crippen LogP contribution in [0.15, 0.2) is 6.33 Å². The minimum Gasteiger partial charge on any atom is -0.295 e. The Kier molecular flexibility index (Phi) is 4.56. The lowest BCUT2D eigenvalue weighted by atomic mass is 9.85. The monoisotopic (exact) mass is 293 g/mol. The zero-order chi connectivity index (χ0) is 15.5. The lowest BCUT2D eigenvalue weighted by Crippen LogP contribution is -2.41. The number of aromatic nitrogens is 4. The fourth-order valence-electron chi connectivity index (χ4n) is 2.49. The third kappa shape index (κ3) is 3.38. The third-order valence-corrected chi connectivity index (χ3v) is 4.02. The molecule has 0 aromatic carbocycles. The van der Waals surface area contributed by atoms with E-state index in [1.807, 2.05) is 4.90 Å². The molecule has 1 aromatic heterocycles. The Hall–Kier alpha value is -1.96. The maximum atomic E-state index is 12.3. The van der Waals surface area contributed by atoms with Crippen LogP contribution in [0.25, 0.3) is 0 Å². The van der Waals surface area contributed by atoms with Crippen molar-refractivity contribution in [3.05, 3.63) is 6.33 Å². The zero-order valence-electron chi connectivity index (χ0n) is 12.2. The highest BCUT2D eigenvalue weighted by Gasteiger charge is 2.34. The van der Waals surface area contributed by atoms with E-state index >= 15 is 0 Å². The number of tetrazole rings is 1. The largest absolute Gasteiger partial charge is 0.295 e. The summed E-state index contributed by atoms with van der Waals surface area (Å²) >= 11 is 0. The predicted molar refractivity (Wildman–Crippen MR) is 72.5 cm³/mol. The maximum absolute atomic E-state index is 12.3. The van der Waals surface area contributed by atoms with Crippen LogP contribution in [-0.4, -0.2) is 62.2 Å². The summed E-state index contributed by atoms with van der Waals surface area (Å²) in [5.74, 6) is -0.568. The van der Waals surface area contributed by atoms with E-state index < -0.39 is 11.2 Å². The van der Waals surface area contributed by atoms with Crippen molar-refractivity contribution in [2.45, 2.75) is 39.2 Å². The molecule has 2 heterocycles. The highest BCUT2D eigenvalue weighted by molar-refractivity contribution is 6.27. The molecule has 1 aliphatic rings. The first-order valence-electron chi connectivity index (χ1n) is 6.96. The van der Waals surface area contributed by atoms with E-state index in [1.54, 1.807) is 13.8 Å². The van der Waals surface area contributed by atoms with Gasteiger partial charge in [-0.2, -0.15) is 4.68 Å². The highest BCUT2D eigenvalue weighted by atomic mass is 16.2. The Morgan fingerprint density at radius 3 is 2.81 bits per heavy atom. The average Bonchev–Trinajstić information content (AvgIpc) is 3.14. The highest BCUT2D eigenvalue weighted by Crippen LogP contribution is 2.25. The van der Waals surface area contributed by atoms with Crippen LogP contribution in [0.4, 0.5) is 0 Å². The molecule has 0 saturated carbocycles. The van der Waals surface area contributed by atoms with Crippen molar-refractivity contribution in [2.75, 3.05) is 13.1 Å². The number of nitrogens with zero attached hydrogens (tertiary/aromatic N) is 5. The molecule has 0 amide bonds. The summed E-state index contributed by atoms with van der Waals surface area (Å²) < 4.78 is 1.14. The predicted octanol–water partition coefficient (Wildman–Crippen LogP) is -0.0380. The van der Waals surface area contributed by atoms with Gasteiger partial charge in [-0.05, 0) is 42.8 Å². The van der Waals surface area contributed by atoms with Crippen LogP contribution in [0.2, 0.25) is 0 Å². The first-order valence-corrected chi connectivity index (χ1v) is 6.96. The van der Waals surface area contributed by atoms with E-state index in [9.17, 15) is 14.4 Å². The number of Topliss-reactive ketones (excluding diaryl/α,β-unsaturated/α-hetero) is 1. The Labute approximate surface area is 122 Å². The lowest BCUT2D eigenvalue weighted by Gasteiger charge is -2.27. The number of ketones is 1. The molecule has 1 unspecified atom stereocenters. The first kappa shape index (κ1) is 15.4. The minimum atomic E-state index is -0.702. The number of likely N-dealkylation sites (tertiary alicyclic amines) is 1. The fraction of sp³-hybridized carbons (Fsp3) is 0.692. The molecule has 1 atom stereocenters. The van der Waals surface area contributed by atoms with Gasteiger partial charge in [0.1, 0.15) is 6.33 Å². The van der Waals surface area contributed by atoms with Crippen LogP contribution in [0.5, 0.6) is 0 Å². The maximum Gasteiger partial charge on any atom is 0.267 e. The topological polar surface area (TPSA) is 98.1 Å². The number of aldehydes is 1. The lowest BCUT2D eigenvalue weighted by molar-refractivity contribution is -0.136. The van der Waals surface area contributed by atoms with Crippen molar-refractivity contribution < 1.29 is 14.4 Å². The molecule has 114 valence electrons. The van der Waals surface area contributed by atoms with Crippen LogP contribution >= 0.6 is 0 Å². The Bertz CT molecular complexity index is 526. The minimum absolute atomic E-state index is 0.156. The molecule has 0 spiro atoms. The van der Waals surface area contributed by atoms with Crippen LogP contribution in [0.1, 0.15) is 37.9 Å². The summed E-state index contributed by atoms with van der Waals surface area (Å²) in [5, 5.41) is 10.6. The Morgan fingerprint density at radius 2 is 2.19 bits per heavy atom. The van der Waals surface area contributed by atoms with Crippen LogP contribution < -0.4 is 0 Å². The van der Waals surface area contributed by atoms with E-state index in [4.69, 9.17) is 0 Å². The van der Waals surface area contributed by atoms with E-state index in [1.165, 1.54) is 6.33 Å². The second kappa shape index (κ2) is 6.21. The fourth-order valence-corrected chi connectivity index (χ4v) is 2.49. The summed E-state index contributed by atoms with van der Waals surface area (Å²) in [4.78, 5) is 36.5. The summed E-state index contributed by atoms with van der Waals surface area (Å²) in [6.45, 7) is 4.88. The number of hydrogen-bond acceptors (Lipinski definition) is 7. The van der Waals surface area contributed by atoms with Crippen molar-refractivity contribution >= 4 is 18.0 Å². The molecule has 1 aromatic rings. The van der Waals surface area contributed by atoms with Crippen molar-refractivity contribution in [1.82, 2.24) is 25.1 Å². The first-order chi connectivity index (χ1) is 9.95. The van der Waals surface area contributed by atoms with E-state index in [-0.39, 0.29) is 11.9 Å². The van der Waals surface area contributed by atoms with Crippen LogP contribution in [-0.2, 0) is 9.59 Å². The van der Waals surface area contributed by atoms with Crippen molar-refractivity contribution in [1.29, 1.82) is 0 Å². The normalized spacial score (nSPS) is 19.6. The molecule has 1 fully saturated rings.